The van der Waals surface area contributed by atoms with Crippen molar-refractivity contribution < 1.29 is 0 Å². The summed E-state index contributed by atoms with van der Waals surface area (Å²) in [6, 6.07) is 0.779. The third-order valence-corrected chi connectivity index (χ3v) is 5.21. The van der Waals surface area contributed by atoms with E-state index < -0.39 is 0 Å². The lowest BCUT2D eigenvalue weighted by Crippen LogP contribution is -2.38. The Morgan fingerprint density at radius 3 is 2.50 bits per heavy atom. The van der Waals surface area contributed by atoms with Crippen molar-refractivity contribution in [1.29, 1.82) is 0 Å². The molecular formula is C14H29NS. The largest absolute Gasteiger partial charge is 0.313 e. The fourth-order valence-corrected chi connectivity index (χ4v) is 3.60. The summed E-state index contributed by atoms with van der Waals surface area (Å²) in [5.74, 6) is 2.28. The van der Waals surface area contributed by atoms with Gasteiger partial charge in [0.15, 0.2) is 0 Å². The van der Waals surface area contributed by atoms with E-state index in [1.807, 2.05) is 0 Å². The van der Waals surface area contributed by atoms with Crippen LogP contribution in [0.3, 0.4) is 0 Å². The summed E-state index contributed by atoms with van der Waals surface area (Å²) in [4.78, 5) is 0. The minimum Gasteiger partial charge on any atom is -0.313 e. The van der Waals surface area contributed by atoms with Crippen LogP contribution in [0.2, 0.25) is 0 Å². The van der Waals surface area contributed by atoms with Gasteiger partial charge in [-0.05, 0) is 38.1 Å². The van der Waals surface area contributed by atoms with E-state index in [1.165, 1.54) is 50.8 Å². The van der Waals surface area contributed by atoms with E-state index in [0.29, 0.717) is 0 Å². The molecule has 0 aliphatic heterocycles. The van der Waals surface area contributed by atoms with Crippen LogP contribution in [0.15, 0.2) is 0 Å². The van der Waals surface area contributed by atoms with Gasteiger partial charge in [0.25, 0.3) is 0 Å². The van der Waals surface area contributed by atoms with E-state index in [9.17, 15) is 0 Å². The monoisotopic (exact) mass is 243 g/mol. The molecule has 0 aromatic heterocycles. The highest BCUT2D eigenvalue weighted by atomic mass is 32.2. The molecule has 16 heavy (non-hydrogen) atoms. The molecule has 2 atom stereocenters. The Morgan fingerprint density at radius 1 is 1.25 bits per heavy atom. The van der Waals surface area contributed by atoms with Crippen molar-refractivity contribution in [3.05, 3.63) is 0 Å². The highest BCUT2D eigenvalue weighted by Crippen LogP contribution is 2.30. The van der Waals surface area contributed by atoms with Gasteiger partial charge in [-0.1, -0.05) is 33.6 Å². The van der Waals surface area contributed by atoms with Crippen molar-refractivity contribution in [3.8, 4) is 0 Å². The minimum absolute atomic E-state index is 0.779. The third kappa shape index (κ3) is 5.09. The van der Waals surface area contributed by atoms with Crippen LogP contribution < -0.4 is 5.32 Å². The maximum Gasteiger partial charge on any atom is 0.0186 e. The third-order valence-electron chi connectivity index (χ3n) is 3.76. The molecule has 0 aromatic carbocycles. The summed E-state index contributed by atoms with van der Waals surface area (Å²) < 4.78 is 0. The normalized spacial score (nSPS) is 21.2. The molecule has 0 bridgehead atoms. The van der Waals surface area contributed by atoms with Crippen molar-refractivity contribution in [2.45, 2.75) is 70.6 Å². The van der Waals surface area contributed by atoms with Crippen LogP contribution >= 0.6 is 11.8 Å². The fourth-order valence-electron chi connectivity index (χ4n) is 2.44. The molecule has 1 nitrogen and oxygen atoms in total. The summed E-state index contributed by atoms with van der Waals surface area (Å²) in [7, 11) is 0. The van der Waals surface area contributed by atoms with Gasteiger partial charge in [-0.3, -0.25) is 0 Å². The van der Waals surface area contributed by atoms with Gasteiger partial charge in [-0.25, -0.2) is 0 Å². The van der Waals surface area contributed by atoms with E-state index in [0.717, 1.165) is 17.2 Å². The van der Waals surface area contributed by atoms with Crippen LogP contribution in [-0.4, -0.2) is 23.6 Å². The van der Waals surface area contributed by atoms with Gasteiger partial charge >= 0.3 is 0 Å². The number of thioether (sulfide) groups is 1. The number of hydrogen-bond acceptors (Lipinski definition) is 2. The second kappa shape index (κ2) is 8.41. The van der Waals surface area contributed by atoms with E-state index in [2.05, 4.69) is 37.8 Å². The first-order valence-corrected chi connectivity index (χ1v) is 8.17. The lowest BCUT2D eigenvalue weighted by atomic mass is 10.00. The average Bonchev–Trinajstić information content (AvgIpc) is 2.82. The van der Waals surface area contributed by atoms with Crippen LogP contribution in [-0.2, 0) is 0 Å². The quantitative estimate of drug-likeness (QED) is 0.689. The molecule has 2 unspecified atom stereocenters. The highest BCUT2D eigenvalue weighted by molar-refractivity contribution is 7.99. The first-order valence-electron chi connectivity index (χ1n) is 7.12. The maximum atomic E-state index is 3.77. The summed E-state index contributed by atoms with van der Waals surface area (Å²) in [5.41, 5.74) is 0. The molecule has 0 saturated heterocycles. The fraction of sp³-hybridized carbons (Fsp3) is 1.00. The Hall–Kier alpha value is 0.310. The Labute approximate surface area is 106 Å². The predicted octanol–water partition coefficient (Wildman–Crippen LogP) is 4.08. The van der Waals surface area contributed by atoms with E-state index in [4.69, 9.17) is 0 Å². The minimum atomic E-state index is 0.779. The number of hydrogen-bond donors (Lipinski definition) is 1. The standard InChI is InChI=1S/C14H29NS/c1-4-10-15-14(11-16-12(3)5-2)13-8-6-7-9-13/h12-15H,4-11H2,1-3H3. The molecule has 1 saturated carbocycles. The molecule has 1 aliphatic carbocycles. The van der Waals surface area contributed by atoms with Crippen molar-refractivity contribution in [1.82, 2.24) is 5.32 Å². The lowest BCUT2D eigenvalue weighted by Gasteiger charge is -2.25. The number of rotatable bonds is 8. The molecular weight excluding hydrogens is 214 g/mol. The van der Waals surface area contributed by atoms with Crippen molar-refractivity contribution in [3.63, 3.8) is 0 Å². The highest BCUT2D eigenvalue weighted by Gasteiger charge is 2.24. The maximum absolute atomic E-state index is 3.77. The zero-order valence-corrected chi connectivity index (χ0v) is 12.1. The van der Waals surface area contributed by atoms with E-state index in [1.54, 1.807) is 0 Å². The van der Waals surface area contributed by atoms with Crippen LogP contribution in [0.5, 0.6) is 0 Å². The van der Waals surface area contributed by atoms with Crippen LogP contribution in [0, 0.1) is 5.92 Å². The van der Waals surface area contributed by atoms with Crippen LogP contribution in [0.4, 0.5) is 0 Å². The lowest BCUT2D eigenvalue weighted by molar-refractivity contribution is 0.387. The second-order valence-electron chi connectivity index (χ2n) is 5.16. The van der Waals surface area contributed by atoms with Gasteiger partial charge in [-0.2, -0.15) is 11.8 Å². The Balaban J connectivity index is 2.30. The Bertz CT molecular complexity index is 166. The summed E-state index contributed by atoms with van der Waals surface area (Å²) in [6.45, 7) is 8.11. The van der Waals surface area contributed by atoms with Crippen molar-refractivity contribution in [2.75, 3.05) is 12.3 Å². The Kier molecular flexibility index (Phi) is 7.55. The molecule has 0 radical (unpaired) electrons. The van der Waals surface area contributed by atoms with Gasteiger partial charge < -0.3 is 5.32 Å². The van der Waals surface area contributed by atoms with Crippen LogP contribution in [0.1, 0.15) is 59.3 Å². The molecule has 96 valence electrons. The molecule has 0 amide bonds. The molecule has 0 spiro atoms. The van der Waals surface area contributed by atoms with Gasteiger partial charge in [0.1, 0.15) is 0 Å². The molecule has 1 aliphatic rings. The SMILES string of the molecule is CCCNC(CSC(C)CC)C1CCCC1. The average molecular weight is 243 g/mol. The molecule has 1 fully saturated rings. The van der Waals surface area contributed by atoms with E-state index >= 15 is 0 Å². The summed E-state index contributed by atoms with van der Waals surface area (Å²) >= 11 is 2.16. The topological polar surface area (TPSA) is 12.0 Å². The summed E-state index contributed by atoms with van der Waals surface area (Å²) in [5, 5.41) is 4.60. The van der Waals surface area contributed by atoms with Gasteiger partial charge in [0, 0.05) is 17.0 Å². The first kappa shape index (κ1) is 14.4. The molecule has 0 aromatic rings. The number of nitrogens with one attached hydrogen (secondary N) is 1. The molecule has 1 rings (SSSR count). The zero-order valence-electron chi connectivity index (χ0n) is 11.3. The zero-order chi connectivity index (χ0) is 11.8. The van der Waals surface area contributed by atoms with E-state index in [-0.39, 0.29) is 0 Å². The molecule has 2 heteroatoms. The molecule has 0 heterocycles. The van der Waals surface area contributed by atoms with Crippen molar-refractivity contribution >= 4 is 11.8 Å². The van der Waals surface area contributed by atoms with Crippen LogP contribution in [0.25, 0.3) is 0 Å². The second-order valence-corrected chi connectivity index (χ2v) is 6.63. The van der Waals surface area contributed by atoms with Crippen molar-refractivity contribution in [2.24, 2.45) is 5.92 Å². The first-order chi connectivity index (χ1) is 7.77. The predicted molar refractivity (Wildman–Crippen MR) is 76.3 cm³/mol. The van der Waals surface area contributed by atoms with Gasteiger partial charge in [-0.15, -0.1) is 0 Å². The van der Waals surface area contributed by atoms with Gasteiger partial charge in [0.2, 0.25) is 0 Å². The van der Waals surface area contributed by atoms with Gasteiger partial charge in [0.05, 0.1) is 0 Å². The smallest absolute Gasteiger partial charge is 0.0186 e. The Morgan fingerprint density at radius 2 is 1.94 bits per heavy atom. The summed E-state index contributed by atoms with van der Waals surface area (Å²) in [6.07, 6.45) is 8.41. The molecule has 1 N–H and O–H groups in total.